The number of aromatic carboxylic acids is 1. The third-order valence-electron chi connectivity index (χ3n) is 8.21. The number of nitrogens with zero attached hydrogens (tertiary/aromatic N) is 3. The molecule has 1 N–H and O–H groups in total. The molecule has 1 amide bonds. The molecule has 2 aliphatic rings. The van der Waals surface area contributed by atoms with E-state index in [1.165, 1.54) is 62.8 Å². The van der Waals surface area contributed by atoms with E-state index in [4.69, 9.17) is 0 Å². The van der Waals surface area contributed by atoms with Crippen molar-refractivity contribution < 1.29 is 19.1 Å². The topological polar surface area (TPSA) is 82.8 Å². The van der Waals surface area contributed by atoms with Crippen molar-refractivity contribution in [1.82, 2.24) is 9.47 Å². The number of fused-ring (bicyclic) bond motifs is 3. The Bertz CT molecular complexity index is 1320. The number of pyridine rings is 1. The molecule has 1 unspecified atom stereocenters. The normalized spacial score (nSPS) is 16.8. The van der Waals surface area contributed by atoms with Gasteiger partial charge in [0.2, 0.25) is 11.3 Å². The van der Waals surface area contributed by atoms with Crippen molar-refractivity contribution >= 4 is 40.2 Å². The summed E-state index contributed by atoms with van der Waals surface area (Å²) >= 11 is 1.33. The fraction of sp³-hybridized carbons (Fsp3) is 0.594. The third-order valence-corrected chi connectivity index (χ3v) is 9.39. The van der Waals surface area contributed by atoms with Crippen LogP contribution in [0.4, 0.5) is 10.1 Å². The molecule has 1 fully saturated rings. The van der Waals surface area contributed by atoms with Crippen LogP contribution in [0.1, 0.15) is 107 Å². The van der Waals surface area contributed by atoms with Crippen molar-refractivity contribution in [2.24, 2.45) is 0 Å². The zero-order valence-electron chi connectivity index (χ0n) is 24.5. The average molecular weight is 586 g/mol. The quantitative estimate of drug-likeness (QED) is 0.174. The Morgan fingerprint density at radius 1 is 0.976 bits per heavy atom. The van der Waals surface area contributed by atoms with E-state index in [-0.39, 0.29) is 22.2 Å². The highest BCUT2D eigenvalue weighted by atomic mass is 32.2. The first-order chi connectivity index (χ1) is 19.8. The van der Waals surface area contributed by atoms with Crippen molar-refractivity contribution in [3.63, 3.8) is 0 Å². The molecule has 9 heteroatoms. The lowest BCUT2D eigenvalue weighted by Crippen LogP contribution is -2.49. The Morgan fingerprint density at radius 3 is 2.24 bits per heavy atom. The summed E-state index contributed by atoms with van der Waals surface area (Å²) < 4.78 is 17.0. The maximum Gasteiger partial charge on any atom is 0.342 e. The van der Waals surface area contributed by atoms with Crippen LogP contribution in [0.2, 0.25) is 0 Å². The van der Waals surface area contributed by atoms with Gasteiger partial charge in [0.15, 0.2) is 0 Å². The number of carboxylic acids is 1. The van der Waals surface area contributed by atoms with E-state index in [1.807, 2.05) is 16.7 Å². The first kappa shape index (κ1) is 31.1. The highest BCUT2D eigenvalue weighted by Gasteiger charge is 2.33. The second-order valence-electron chi connectivity index (χ2n) is 11.2. The molecule has 1 saturated heterocycles. The van der Waals surface area contributed by atoms with Gasteiger partial charge in [0, 0.05) is 38.0 Å². The molecule has 41 heavy (non-hydrogen) atoms. The number of halogens is 1. The number of aromatic nitrogens is 1. The summed E-state index contributed by atoms with van der Waals surface area (Å²) in [6.45, 7) is 6.24. The van der Waals surface area contributed by atoms with Crippen LogP contribution in [0.15, 0.2) is 34.1 Å². The van der Waals surface area contributed by atoms with Crippen LogP contribution in [0.25, 0.3) is 10.9 Å². The summed E-state index contributed by atoms with van der Waals surface area (Å²) in [6, 6.07) is 2.84. The second-order valence-corrected chi connectivity index (χ2v) is 12.5. The molecule has 0 radical (unpaired) electrons. The zero-order valence-corrected chi connectivity index (χ0v) is 25.3. The minimum absolute atomic E-state index is 0.0408. The number of carboxylic acid groups (broad SMARTS) is 1. The molecule has 2 aromatic rings. The molecule has 3 heterocycles. The Kier molecular flexibility index (Phi) is 11.3. The molecular weight excluding hydrogens is 541 g/mol. The van der Waals surface area contributed by atoms with Gasteiger partial charge in [-0.05, 0) is 51.2 Å². The maximum absolute atomic E-state index is 15.2. The van der Waals surface area contributed by atoms with Crippen LogP contribution >= 0.6 is 11.8 Å². The summed E-state index contributed by atoms with van der Waals surface area (Å²) in [4.78, 5) is 41.1. The maximum atomic E-state index is 15.2. The minimum atomic E-state index is -1.29. The van der Waals surface area contributed by atoms with Crippen LogP contribution in [-0.4, -0.2) is 52.6 Å². The predicted octanol–water partition coefficient (Wildman–Crippen LogP) is 7.37. The molecule has 224 valence electrons. The number of carbonyl (C=O) groups is 2. The number of benzene rings is 1. The van der Waals surface area contributed by atoms with E-state index in [0.29, 0.717) is 48.8 Å². The van der Waals surface area contributed by atoms with E-state index in [0.717, 1.165) is 25.7 Å². The number of hydrogen-bond acceptors (Lipinski definition) is 5. The number of hydrogen-bond donors (Lipinski definition) is 1. The zero-order chi connectivity index (χ0) is 29.4. The summed E-state index contributed by atoms with van der Waals surface area (Å²) in [6.07, 6.45) is 18.3. The Hall–Kier alpha value is -2.81. The molecule has 0 spiro atoms. The van der Waals surface area contributed by atoms with Gasteiger partial charge in [0.1, 0.15) is 11.4 Å². The lowest BCUT2D eigenvalue weighted by molar-refractivity contribution is -0.131. The van der Waals surface area contributed by atoms with Crippen LogP contribution < -0.4 is 10.3 Å². The smallest absolute Gasteiger partial charge is 0.342 e. The number of anilines is 1. The molecule has 1 aromatic carbocycles. The van der Waals surface area contributed by atoms with Gasteiger partial charge in [-0.2, -0.15) is 0 Å². The summed E-state index contributed by atoms with van der Waals surface area (Å²) in [7, 11) is 0. The van der Waals surface area contributed by atoms with Gasteiger partial charge in [-0.1, -0.05) is 69.4 Å². The van der Waals surface area contributed by atoms with Gasteiger partial charge in [-0.15, -0.1) is 0 Å². The largest absolute Gasteiger partial charge is 0.477 e. The summed E-state index contributed by atoms with van der Waals surface area (Å²) in [5, 5.41) is 10.0. The van der Waals surface area contributed by atoms with Gasteiger partial charge < -0.3 is 19.5 Å². The van der Waals surface area contributed by atoms with Crippen molar-refractivity contribution in [2.45, 2.75) is 101 Å². The third kappa shape index (κ3) is 7.53. The van der Waals surface area contributed by atoms with Crippen LogP contribution in [-0.2, 0) is 4.79 Å². The Balaban J connectivity index is 1.21. The molecule has 0 aliphatic carbocycles. The lowest BCUT2D eigenvalue weighted by atomic mass is 10.1. The standard InChI is InChI=1S/C32H44FN3O4S/c1-3-4-5-6-7-8-9-10-11-12-13-14-15-16-28(37)35-19-17-34(18-20-35)27-22-26-24(21-25(27)33)30(38)29(32(39)40)31-36(26)23(2)41-31/h8-9,21-23H,3-7,10-20H2,1-2H3,(H,39,40)/b9-8-. The minimum Gasteiger partial charge on any atom is -0.477 e. The first-order valence-corrected chi connectivity index (χ1v) is 16.2. The highest BCUT2D eigenvalue weighted by molar-refractivity contribution is 8.00. The monoisotopic (exact) mass is 585 g/mol. The van der Waals surface area contributed by atoms with E-state index in [9.17, 15) is 19.5 Å². The highest BCUT2D eigenvalue weighted by Crippen LogP contribution is 2.46. The van der Waals surface area contributed by atoms with Gasteiger partial charge in [0.25, 0.3) is 0 Å². The SMILES string of the molecule is CCCCCC/C=C\CCCCCCCC(=O)N1CCN(c2cc3c(cc2F)c(=O)c(C(=O)O)c2n3C(C)S2)CC1. The molecule has 1 atom stereocenters. The molecule has 2 aliphatic heterocycles. The van der Waals surface area contributed by atoms with Crippen molar-refractivity contribution in [3.05, 3.63) is 45.9 Å². The molecule has 4 rings (SSSR count). The van der Waals surface area contributed by atoms with Crippen LogP contribution in [0.5, 0.6) is 0 Å². The molecular formula is C32H44FN3O4S. The van der Waals surface area contributed by atoms with Crippen LogP contribution in [0, 0.1) is 5.82 Å². The number of unbranched alkanes of at least 4 members (excludes halogenated alkanes) is 9. The number of thioether (sulfide) groups is 1. The van der Waals surface area contributed by atoms with E-state index in [2.05, 4.69) is 19.1 Å². The number of rotatable bonds is 15. The number of piperazine rings is 1. The number of carbonyl (C=O) groups excluding carboxylic acids is 1. The average Bonchev–Trinajstić information content (AvgIpc) is 2.95. The lowest BCUT2D eigenvalue weighted by Gasteiger charge is -2.37. The summed E-state index contributed by atoms with van der Waals surface area (Å²) in [5.41, 5.74) is -0.00338. The second kappa shape index (κ2) is 14.9. The predicted molar refractivity (Wildman–Crippen MR) is 165 cm³/mol. The van der Waals surface area contributed by atoms with Crippen molar-refractivity contribution in [2.75, 3.05) is 31.1 Å². The molecule has 7 nitrogen and oxygen atoms in total. The number of amides is 1. The van der Waals surface area contributed by atoms with E-state index >= 15 is 4.39 Å². The fourth-order valence-electron chi connectivity index (χ4n) is 5.81. The molecule has 1 aromatic heterocycles. The Morgan fingerprint density at radius 2 is 1.61 bits per heavy atom. The number of allylic oxidation sites excluding steroid dienone is 2. The fourth-order valence-corrected chi connectivity index (χ4v) is 6.97. The van der Waals surface area contributed by atoms with Gasteiger partial charge in [0.05, 0.1) is 21.6 Å². The van der Waals surface area contributed by atoms with Gasteiger partial charge in [-0.3, -0.25) is 9.59 Å². The summed E-state index contributed by atoms with van der Waals surface area (Å²) in [5.74, 6) is -1.68. The van der Waals surface area contributed by atoms with E-state index < -0.39 is 17.2 Å². The van der Waals surface area contributed by atoms with Crippen LogP contribution in [0.3, 0.4) is 0 Å². The Labute approximate surface area is 246 Å². The molecule has 0 saturated carbocycles. The first-order valence-electron chi connectivity index (χ1n) is 15.3. The van der Waals surface area contributed by atoms with Crippen molar-refractivity contribution in [1.29, 1.82) is 0 Å². The molecule has 0 bridgehead atoms. The van der Waals surface area contributed by atoms with Gasteiger partial charge >= 0.3 is 5.97 Å². The van der Waals surface area contributed by atoms with E-state index in [1.54, 1.807) is 10.6 Å². The van der Waals surface area contributed by atoms with Gasteiger partial charge in [-0.25, -0.2) is 9.18 Å². The van der Waals surface area contributed by atoms with Crippen molar-refractivity contribution in [3.8, 4) is 0 Å².